The van der Waals surface area contributed by atoms with Gasteiger partial charge in [0.2, 0.25) is 0 Å². The number of hydrogen-bond acceptors (Lipinski definition) is 3. The normalized spacial score (nSPS) is 12.0. The molecular weight excluding hydrogens is 242 g/mol. The van der Waals surface area contributed by atoms with Crippen LogP contribution in [0.4, 0.5) is 0 Å². The third-order valence-electron chi connectivity index (χ3n) is 2.02. The summed E-state index contributed by atoms with van der Waals surface area (Å²) in [6.45, 7) is 8.88. The first-order valence-corrected chi connectivity index (χ1v) is 6.74. The third-order valence-corrected chi connectivity index (χ3v) is 3.31. The van der Waals surface area contributed by atoms with Crippen molar-refractivity contribution in [3.8, 4) is 0 Å². The van der Waals surface area contributed by atoms with Crippen molar-refractivity contribution in [1.29, 1.82) is 0 Å². The van der Waals surface area contributed by atoms with Gasteiger partial charge in [-0.15, -0.1) is 11.3 Å². The fourth-order valence-corrected chi connectivity index (χ4v) is 2.33. The molecule has 1 aromatic rings. The van der Waals surface area contributed by atoms with Gasteiger partial charge in [-0.05, 0) is 32.9 Å². The van der Waals surface area contributed by atoms with E-state index in [0.717, 1.165) is 30.5 Å². The fraction of sp³-hybridized carbons (Fsp3) is 0.667. The van der Waals surface area contributed by atoms with Gasteiger partial charge in [0.25, 0.3) is 0 Å². The van der Waals surface area contributed by atoms with Gasteiger partial charge in [-0.3, -0.25) is 0 Å². The summed E-state index contributed by atoms with van der Waals surface area (Å²) in [7, 11) is 0. The van der Waals surface area contributed by atoms with Crippen molar-refractivity contribution in [2.45, 2.75) is 32.7 Å². The van der Waals surface area contributed by atoms with E-state index in [1.807, 2.05) is 6.07 Å². The first kappa shape index (κ1) is 14.0. The minimum atomic E-state index is 0.171. The first-order valence-electron chi connectivity index (χ1n) is 5.54. The molecule has 0 saturated heterocycles. The Morgan fingerprint density at radius 1 is 1.31 bits per heavy atom. The lowest BCUT2D eigenvalue weighted by Gasteiger charge is -2.20. The lowest BCUT2D eigenvalue weighted by Crippen LogP contribution is -2.38. The highest BCUT2D eigenvalue weighted by molar-refractivity contribution is 7.16. The van der Waals surface area contributed by atoms with Gasteiger partial charge in [0.05, 0.1) is 17.6 Å². The van der Waals surface area contributed by atoms with Crippen molar-refractivity contribution in [2.24, 2.45) is 0 Å². The largest absolute Gasteiger partial charge is 0.380 e. The second-order valence-electron chi connectivity index (χ2n) is 4.74. The van der Waals surface area contributed by atoms with Gasteiger partial charge in [-0.25, -0.2) is 0 Å². The summed E-state index contributed by atoms with van der Waals surface area (Å²) in [5.74, 6) is 0. The standard InChI is InChI=1S/C12H20ClNOS/c1-12(2,3)14-7-9-15-8-6-10-4-5-11(13)16-10/h4-5,14H,6-9H2,1-3H3. The Hall–Kier alpha value is -0.0900. The molecule has 0 spiro atoms. The number of hydrogen-bond donors (Lipinski definition) is 1. The molecule has 92 valence electrons. The van der Waals surface area contributed by atoms with Crippen LogP contribution in [-0.4, -0.2) is 25.3 Å². The molecule has 0 aliphatic rings. The number of ether oxygens (including phenoxy) is 1. The van der Waals surface area contributed by atoms with Gasteiger partial charge in [-0.2, -0.15) is 0 Å². The van der Waals surface area contributed by atoms with E-state index < -0.39 is 0 Å². The SMILES string of the molecule is CC(C)(C)NCCOCCc1ccc(Cl)s1. The average Bonchev–Trinajstić information content (AvgIpc) is 2.56. The zero-order valence-electron chi connectivity index (χ0n) is 10.2. The molecule has 0 saturated carbocycles. The molecule has 0 amide bonds. The quantitative estimate of drug-likeness (QED) is 0.793. The van der Waals surface area contributed by atoms with Gasteiger partial charge in [-0.1, -0.05) is 11.6 Å². The Balaban J connectivity index is 2.00. The minimum Gasteiger partial charge on any atom is -0.380 e. The van der Waals surface area contributed by atoms with Crippen molar-refractivity contribution in [3.63, 3.8) is 0 Å². The van der Waals surface area contributed by atoms with E-state index in [1.165, 1.54) is 4.88 Å². The van der Waals surface area contributed by atoms with Gasteiger partial charge >= 0.3 is 0 Å². The summed E-state index contributed by atoms with van der Waals surface area (Å²) in [5, 5.41) is 3.38. The molecule has 0 unspecified atom stereocenters. The number of halogens is 1. The van der Waals surface area contributed by atoms with Crippen LogP contribution in [0.2, 0.25) is 4.34 Å². The van der Waals surface area contributed by atoms with Gasteiger partial charge in [0.1, 0.15) is 0 Å². The van der Waals surface area contributed by atoms with Crippen molar-refractivity contribution >= 4 is 22.9 Å². The smallest absolute Gasteiger partial charge is 0.0931 e. The maximum Gasteiger partial charge on any atom is 0.0931 e. The Labute approximate surface area is 107 Å². The van der Waals surface area contributed by atoms with Crippen LogP contribution in [0.15, 0.2) is 12.1 Å². The molecule has 16 heavy (non-hydrogen) atoms. The maximum absolute atomic E-state index is 5.84. The molecule has 2 nitrogen and oxygen atoms in total. The molecular formula is C12H20ClNOS. The van der Waals surface area contributed by atoms with E-state index >= 15 is 0 Å². The van der Waals surface area contributed by atoms with E-state index in [9.17, 15) is 0 Å². The Bertz CT molecular complexity index is 306. The highest BCUT2D eigenvalue weighted by atomic mass is 35.5. The van der Waals surface area contributed by atoms with Crippen molar-refractivity contribution in [2.75, 3.05) is 19.8 Å². The molecule has 1 heterocycles. The van der Waals surface area contributed by atoms with Crippen LogP contribution in [0.3, 0.4) is 0 Å². The molecule has 1 rings (SSSR count). The van der Waals surface area contributed by atoms with Crippen molar-refractivity contribution < 1.29 is 4.74 Å². The summed E-state index contributed by atoms with van der Waals surface area (Å²) < 4.78 is 6.39. The van der Waals surface area contributed by atoms with E-state index in [0.29, 0.717) is 0 Å². The van der Waals surface area contributed by atoms with Crippen LogP contribution in [0, 0.1) is 0 Å². The topological polar surface area (TPSA) is 21.3 Å². The highest BCUT2D eigenvalue weighted by Gasteiger charge is 2.07. The zero-order valence-corrected chi connectivity index (χ0v) is 11.8. The van der Waals surface area contributed by atoms with Crippen LogP contribution in [0.25, 0.3) is 0 Å². The average molecular weight is 262 g/mol. The summed E-state index contributed by atoms with van der Waals surface area (Å²) in [5.41, 5.74) is 0.171. The predicted octanol–water partition coefficient (Wildman–Crippen LogP) is 3.35. The third kappa shape index (κ3) is 6.48. The molecule has 0 radical (unpaired) electrons. The Morgan fingerprint density at radius 3 is 2.62 bits per heavy atom. The molecule has 1 N–H and O–H groups in total. The Kier molecular flexibility index (Phi) is 5.76. The summed E-state index contributed by atoms with van der Waals surface area (Å²) in [4.78, 5) is 1.29. The second-order valence-corrected chi connectivity index (χ2v) is 6.54. The molecule has 4 heteroatoms. The molecule has 0 aliphatic heterocycles. The monoisotopic (exact) mass is 261 g/mol. The lowest BCUT2D eigenvalue weighted by atomic mass is 10.1. The van der Waals surface area contributed by atoms with Crippen LogP contribution >= 0.6 is 22.9 Å². The molecule has 0 aliphatic carbocycles. The van der Waals surface area contributed by atoms with E-state index in [-0.39, 0.29) is 5.54 Å². The van der Waals surface area contributed by atoms with Crippen molar-refractivity contribution in [3.05, 3.63) is 21.3 Å². The van der Waals surface area contributed by atoms with Crippen LogP contribution in [-0.2, 0) is 11.2 Å². The maximum atomic E-state index is 5.84. The number of thiophene rings is 1. The molecule has 0 bridgehead atoms. The summed E-state index contributed by atoms with van der Waals surface area (Å²) >= 11 is 7.47. The van der Waals surface area contributed by atoms with Gasteiger partial charge in [0, 0.05) is 23.4 Å². The fourth-order valence-electron chi connectivity index (χ4n) is 1.26. The molecule has 0 fully saturated rings. The first-order chi connectivity index (χ1) is 7.47. The van der Waals surface area contributed by atoms with Crippen LogP contribution in [0.1, 0.15) is 25.6 Å². The molecule has 1 aromatic heterocycles. The van der Waals surface area contributed by atoms with Crippen molar-refractivity contribution in [1.82, 2.24) is 5.32 Å². The van der Waals surface area contributed by atoms with Crippen LogP contribution in [0.5, 0.6) is 0 Å². The molecule has 0 atom stereocenters. The molecule has 0 aromatic carbocycles. The van der Waals surface area contributed by atoms with Crippen LogP contribution < -0.4 is 5.32 Å². The predicted molar refractivity (Wildman–Crippen MR) is 71.6 cm³/mol. The number of rotatable bonds is 6. The van der Waals surface area contributed by atoms with E-state index in [1.54, 1.807) is 11.3 Å². The van der Waals surface area contributed by atoms with E-state index in [4.69, 9.17) is 16.3 Å². The summed E-state index contributed by atoms with van der Waals surface area (Å²) in [6, 6.07) is 3.99. The minimum absolute atomic E-state index is 0.171. The van der Waals surface area contributed by atoms with Gasteiger partial charge in [0.15, 0.2) is 0 Å². The Morgan fingerprint density at radius 2 is 2.06 bits per heavy atom. The summed E-state index contributed by atoms with van der Waals surface area (Å²) in [6.07, 6.45) is 0.951. The lowest BCUT2D eigenvalue weighted by molar-refractivity contribution is 0.134. The second kappa shape index (κ2) is 6.60. The zero-order chi connectivity index (χ0) is 12.0. The van der Waals surface area contributed by atoms with E-state index in [2.05, 4.69) is 32.2 Å². The number of nitrogens with one attached hydrogen (secondary N) is 1. The van der Waals surface area contributed by atoms with Gasteiger partial charge < -0.3 is 10.1 Å². The highest BCUT2D eigenvalue weighted by Crippen LogP contribution is 2.21.